The zero-order valence-electron chi connectivity index (χ0n) is 11.4. The second kappa shape index (κ2) is 4.49. The van der Waals surface area contributed by atoms with Crippen molar-refractivity contribution in [2.75, 3.05) is 6.61 Å². The molecule has 1 saturated heterocycles. The van der Waals surface area contributed by atoms with Crippen molar-refractivity contribution in [1.29, 1.82) is 0 Å². The monoisotopic (exact) mass is 249 g/mol. The van der Waals surface area contributed by atoms with Crippen molar-refractivity contribution in [1.82, 2.24) is 0 Å². The standard InChI is InChI=1S/C16H27NO/c17-13(5-1-3-12-4-2-8-18-12)16-14-10-6-7-11(9-10)15(14)16/h10-16H,1-9,17H2. The molecule has 4 fully saturated rings. The van der Waals surface area contributed by atoms with Gasteiger partial charge in [-0.05, 0) is 81.0 Å². The zero-order valence-corrected chi connectivity index (χ0v) is 11.4. The first-order chi connectivity index (χ1) is 8.84. The number of hydrogen-bond acceptors (Lipinski definition) is 2. The van der Waals surface area contributed by atoms with Crippen LogP contribution in [0.25, 0.3) is 0 Å². The van der Waals surface area contributed by atoms with Crippen molar-refractivity contribution >= 4 is 0 Å². The van der Waals surface area contributed by atoms with Crippen LogP contribution in [-0.2, 0) is 4.74 Å². The molecule has 0 spiro atoms. The third-order valence-corrected chi connectivity index (χ3v) is 6.38. The molecule has 2 heteroatoms. The number of hydrogen-bond donors (Lipinski definition) is 1. The van der Waals surface area contributed by atoms with E-state index in [9.17, 15) is 0 Å². The molecule has 1 aliphatic heterocycles. The third-order valence-electron chi connectivity index (χ3n) is 6.38. The average Bonchev–Trinajstić information content (AvgIpc) is 2.80. The Kier molecular flexibility index (Phi) is 2.92. The smallest absolute Gasteiger partial charge is 0.0576 e. The lowest BCUT2D eigenvalue weighted by molar-refractivity contribution is 0.101. The lowest BCUT2D eigenvalue weighted by Gasteiger charge is -2.17. The first kappa shape index (κ1) is 11.7. The minimum Gasteiger partial charge on any atom is -0.378 e. The SMILES string of the molecule is NC(CCCC1CCCO1)C1C2C3CCC(C3)C12. The van der Waals surface area contributed by atoms with Gasteiger partial charge in [-0.1, -0.05) is 0 Å². The van der Waals surface area contributed by atoms with Gasteiger partial charge in [0, 0.05) is 12.6 Å². The molecule has 18 heavy (non-hydrogen) atoms. The summed E-state index contributed by atoms with van der Waals surface area (Å²) in [6.07, 6.45) is 11.5. The van der Waals surface area contributed by atoms with Crippen LogP contribution in [0.1, 0.15) is 51.4 Å². The maximum absolute atomic E-state index is 6.47. The maximum Gasteiger partial charge on any atom is 0.0576 e. The molecule has 2 N–H and O–H groups in total. The van der Waals surface area contributed by atoms with Gasteiger partial charge in [-0.15, -0.1) is 0 Å². The molecule has 3 aliphatic carbocycles. The van der Waals surface area contributed by atoms with E-state index < -0.39 is 0 Å². The molecule has 2 bridgehead atoms. The van der Waals surface area contributed by atoms with Crippen LogP contribution in [-0.4, -0.2) is 18.8 Å². The fraction of sp³-hybridized carbons (Fsp3) is 1.00. The zero-order chi connectivity index (χ0) is 12.1. The maximum atomic E-state index is 6.47. The van der Waals surface area contributed by atoms with Crippen molar-refractivity contribution in [3.63, 3.8) is 0 Å². The second-order valence-electron chi connectivity index (χ2n) is 7.30. The van der Waals surface area contributed by atoms with Crippen molar-refractivity contribution < 1.29 is 4.74 Å². The molecule has 2 nitrogen and oxygen atoms in total. The summed E-state index contributed by atoms with van der Waals surface area (Å²) in [5, 5.41) is 0. The van der Waals surface area contributed by atoms with Gasteiger partial charge in [0.15, 0.2) is 0 Å². The summed E-state index contributed by atoms with van der Waals surface area (Å²) >= 11 is 0. The molecular formula is C16H27NO. The van der Waals surface area contributed by atoms with Crippen LogP contribution in [0, 0.1) is 29.6 Å². The first-order valence-corrected chi connectivity index (χ1v) is 8.22. The van der Waals surface area contributed by atoms with Crippen molar-refractivity contribution in [2.24, 2.45) is 35.3 Å². The highest BCUT2D eigenvalue weighted by Crippen LogP contribution is 2.70. The number of ether oxygens (including phenoxy) is 1. The van der Waals surface area contributed by atoms with E-state index in [1.807, 2.05) is 0 Å². The Morgan fingerprint density at radius 1 is 1.11 bits per heavy atom. The predicted molar refractivity (Wildman–Crippen MR) is 72.1 cm³/mol. The van der Waals surface area contributed by atoms with E-state index in [0.29, 0.717) is 12.1 Å². The van der Waals surface area contributed by atoms with E-state index in [4.69, 9.17) is 10.5 Å². The van der Waals surface area contributed by atoms with Gasteiger partial charge in [0.05, 0.1) is 6.10 Å². The van der Waals surface area contributed by atoms with E-state index in [0.717, 1.165) is 36.2 Å². The fourth-order valence-corrected chi connectivity index (χ4v) is 5.61. The lowest BCUT2D eigenvalue weighted by Crippen LogP contribution is -2.26. The average molecular weight is 249 g/mol. The van der Waals surface area contributed by atoms with Crippen molar-refractivity contribution in [2.45, 2.75) is 63.5 Å². The molecule has 6 unspecified atom stereocenters. The Bertz CT molecular complexity index is 296. The largest absolute Gasteiger partial charge is 0.378 e. The van der Waals surface area contributed by atoms with E-state index in [1.165, 1.54) is 44.9 Å². The van der Waals surface area contributed by atoms with Gasteiger partial charge >= 0.3 is 0 Å². The van der Waals surface area contributed by atoms with E-state index >= 15 is 0 Å². The molecule has 0 aromatic carbocycles. The quantitative estimate of drug-likeness (QED) is 0.813. The highest BCUT2D eigenvalue weighted by atomic mass is 16.5. The van der Waals surface area contributed by atoms with Gasteiger partial charge in [-0.25, -0.2) is 0 Å². The molecule has 1 heterocycles. The minimum atomic E-state index is 0.504. The van der Waals surface area contributed by atoms with Gasteiger partial charge in [0.25, 0.3) is 0 Å². The highest BCUT2D eigenvalue weighted by Gasteiger charge is 2.65. The van der Waals surface area contributed by atoms with Crippen LogP contribution < -0.4 is 5.73 Å². The Balaban J connectivity index is 1.22. The van der Waals surface area contributed by atoms with Crippen molar-refractivity contribution in [3.8, 4) is 0 Å². The summed E-state index contributed by atoms with van der Waals surface area (Å²) in [4.78, 5) is 0. The van der Waals surface area contributed by atoms with Crippen LogP contribution in [0.15, 0.2) is 0 Å². The topological polar surface area (TPSA) is 35.2 Å². The molecule has 0 aromatic heterocycles. The van der Waals surface area contributed by atoms with Gasteiger partial charge in [-0.3, -0.25) is 0 Å². The Labute approximate surface area is 111 Å². The summed E-state index contributed by atoms with van der Waals surface area (Å²) < 4.78 is 5.69. The van der Waals surface area contributed by atoms with Gasteiger partial charge in [-0.2, -0.15) is 0 Å². The summed E-state index contributed by atoms with van der Waals surface area (Å²) in [7, 11) is 0. The second-order valence-corrected chi connectivity index (χ2v) is 7.30. The summed E-state index contributed by atoms with van der Waals surface area (Å²) in [6, 6.07) is 0.504. The number of nitrogens with two attached hydrogens (primary N) is 1. The summed E-state index contributed by atoms with van der Waals surface area (Å²) in [5.74, 6) is 5.19. The highest BCUT2D eigenvalue weighted by molar-refractivity contribution is 5.15. The molecule has 4 rings (SSSR count). The van der Waals surface area contributed by atoms with Crippen LogP contribution in [0.2, 0.25) is 0 Å². The third kappa shape index (κ3) is 1.84. The Morgan fingerprint density at radius 3 is 2.56 bits per heavy atom. The van der Waals surface area contributed by atoms with Gasteiger partial charge < -0.3 is 10.5 Å². The molecule has 4 aliphatic rings. The van der Waals surface area contributed by atoms with Crippen LogP contribution in [0.3, 0.4) is 0 Å². The molecule has 3 saturated carbocycles. The predicted octanol–water partition coefficient (Wildman–Crippen LogP) is 2.96. The van der Waals surface area contributed by atoms with Crippen molar-refractivity contribution in [3.05, 3.63) is 0 Å². The Morgan fingerprint density at radius 2 is 1.89 bits per heavy atom. The van der Waals surface area contributed by atoms with Gasteiger partial charge in [0.2, 0.25) is 0 Å². The van der Waals surface area contributed by atoms with E-state index in [1.54, 1.807) is 6.42 Å². The fourth-order valence-electron chi connectivity index (χ4n) is 5.61. The molecule has 102 valence electrons. The van der Waals surface area contributed by atoms with Crippen LogP contribution >= 0.6 is 0 Å². The molecule has 0 radical (unpaired) electrons. The molecule has 0 amide bonds. The summed E-state index contributed by atoms with van der Waals surface area (Å²) in [6.45, 7) is 0.993. The first-order valence-electron chi connectivity index (χ1n) is 8.22. The van der Waals surface area contributed by atoms with E-state index in [-0.39, 0.29) is 0 Å². The molecular weight excluding hydrogens is 222 g/mol. The van der Waals surface area contributed by atoms with Crippen LogP contribution in [0.5, 0.6) is 0 Å². The lowest BCUT2D eigenvalue weighted by atomic mass is 9.94. The van der Waals surface area contributed by atoms with Gasteiger partial charge in [0.1, 0.15) is 0 Å². The molecule has 0 aromatic rings. The number of fused-ring (bicyclic) bond motifs is 5. The normalized spacial score (nSPS) is 50.5. The number of rotatable bonds is 5. The minimum absolute atomic E-state index is 0.504. The van der Waals surface area contributed by atoms with E-state index in [2.05, 4.69) is 0 Å². The van der Waals surface area contributed by atoms with Crippen LogP contribution in [0.4, 0.5) is 0 Å². The Hall–Kier alpha value is -0.0800. The molecule has 6 atom stereocenters. The summed E-state index contributed by atoms with van der Waals surface area (Å²) in [5.41, 5.74) is 6.47.